The number of aryl methyl sites for hydroxylation is 1. The Morgan fingerprint density at radius 2 is 1.90 bits per heavy atom. The van der Waals surface area contributed by atoms with Gasteiger partial charge in [-0.2, -0.15) is 0 Å². The molecule has 0 saturated carbocycles. The van der Waals surface area contributed by atoms with Crippen LogP contribution in [0.5, 0.6) is 0 Å². The highest BCUT2D eigenvalue weighted by Gasteiger charge is 2.11. The number of nitrogens with zero attached hydrogens (tertiary/aromatic N) is 2. The first-order valence-electron chi connectivity index (χ1n) is 7.60. The Labute approximate surface area is 124 Å². The molecule has 2 aromatic carbocycles. The Hall–Kier alpha value is -2.35. The first-order chi connectivity index (χ1) is 10.4. The molecule has 0 radical (unpaired) electrons. The van der Waals surface area contributed by atoms with Gasteiger partial charge in [-0.1, -0.05) is 37.3 Å². The Morgan fingerprint density at radius 3 is 2.71 bits per heavy atom. The third-order valence-electron chi connectivity index (χ3n) is 4.20. The number of benzene rings is 2. The van der Waals surface area contributed by atoms with Gasteiger partial charge in [0, 0.05) is 34.6 Å². The van der Waals surface area contributed by atoms with Gasteiger partial charge in [0.15, 0.2) is 0 Å². The summed E-state index contributed by atoms with van der Waals surface area (Å²) in [4.78, 5) is 4.30. The zero-order valence-electron chi connectivity index (χ0n) is 12.2. The van der Waals surface area contributed by atoms with E-state index < -0.39 is 0 Å². The molecular formula is C19H18N2. The summed E-state index contributed by atoms with van der Waals surface area (Å²) in [7, 11) is 0. The molecule has 1 aromatic heterocycles. The lowest BCUT2D eigenvalue weighted by Gasteiger charge is -2.05. The Bertz CT molecular complexity index is 881. The van der Waals surface area contributed by atoms with Crippen molar-refractivity contribution in [3.05, 3.63) is 54.1 Å². The van der Waals surface area contributed by atoms with Crippen molar-refractivity contribution in [1.29, 1.82) is 0 Å². The molecule has 1 aliphatic rings. The standard InChI is InChI=1S/C19H18N2/c1-2-11-21-18-6-4-3-5-16(18)17-12-14(7-8-19(17)21)15-9-10-20-13-15/h3-9,12-13H,2,10-11H2,1H3. The Kier molecular flexibility index (Phi) is 2.88. The van der Waals surface area contributed by atoms with E-state index in [-0.39, 0.29) is 0 Å². The number of hydrogen-bond acceptors (Lipinski definition) is 1. The fourth-order valence-electron chi connectivity index (χ4n) is 3.24. The van der Waals surface area contributed by atoms with Gasteiger partial charge in [0.2, 0.25) is 0 Å². The molecule has 104 valence electrons. The van der Waals surface area contributed by atoms with Crippen molar-refractivity contribution in [1.82, 2.24) is 4.57 Å². The lowest BCUT2D eigenvalue weighted by atomic mass is 10.0. The summed E-state index contributed by atoms with van der Waals surface area (Å²) >= 11 is 0. The zero-order valence-corrected chi connectivity index (χ0v) is 12.2. The average Bonchev–Trinajstić information content (AvgIpc) is 3.15. The molecule has 4 rings (SSSR count). The summed E-state index contributed by atoms with van der Waals surface area (Å²) in [6, 6.07) is 15.5. The first-order valence-corrected chi connectivity index (χ1v) is 7.60. The van der Waals surface area contributed by atoms with Gasteiger partial charge in [-0.25, -0.2) is 0 Å². The van der Waals surface area contributed by atoms with Crippen molar-refractivity contribution in [2.24, 2.45) is 4.99 Å². The predicted octanol–water partition coefficient (Wildman–Crippen LogP) is 4.67. The molecule has 2 heterocycles. The number of aliphatic imine (C=N–C) groups is 1. The molecule has 0 N–H and O–H groups in total. The normalized spacial score (nSPS) is 14.2. The lowest BCUT2D eigenvalue weighted by Crippen LogP contribution is -1.95. The molecule has 0 bridgehead atoms. The van der Waals surface area contributed by atoms with Crippen LogP contribution in [0.15, 0.2) is 53.5 Å². The van der Waals surface area contributed by atoms with Crippen LogP contribution < -0.4 is 0 Å². The van der Waals surface area contributed by atoms with Gasteiger partial charge in [-0.3, -0.25) is 4.99 Å². The van der Waals surface area contributed by atoms with Crippen molar-refractivity contribution >= 4 is 33.6 Å². The van der Waals surface area contributed by atoms with E-state index in [0.717, 1.165) is 19.5 Å². The summed E-state index contributed by atoms with van der Waals surface area (Å²) in [5.41, 5.74) is 5.17. The van der Waals surface area contributed by atoms with Crippen LogP contribution in [0.3, 0.4) is 0 Å². The van der Waals surface area contributed by atoms with Crippen molar-refractivity contribution in [3.8, 4) is 0 Å². The van der Waals surface area contributed by atoms with Crippen LogP contribution in [-0.2, 0) is 6.54 Å². The third-order valence-corrected chi connectivity index (χ3v) is 4.20. The minimum atomic E-state index is 0.810. The minimum absolute atomic E-state index is 0.810. The molecule has 0 unspecified atom stereocenters. The van der Waals surface area contributed by atoms with Crippen LogP contribution in [0, 0.1) is 0 Å². The van der Waals surface area contributed by atoms with Crippen molar-refractivity contribution in [2.45, 2.75) is 19.9 Å². The number of hydrogen-bond donors (Lipinski definition) is 0. The summed E-state index contributed by atoms with van der Waals surface area (Å²) in [5.74, 6) is 0. The van der Waals surface area contributed by atoms with Crippen molar-refractivity contribution < 1.29 is 0 Å². The molecule has 2 nitrogen and oxygen atoms in total. The number of rotatable bonds is 3. The molecule has 2 heteroatoms. The van der Waals surface area contributed by atoms with Gasteiger partial charge in [0.25, 0.3) is 0 Å². The van der Waals surface area contributed by atoms with Gasteiger partial charge in [-0.05, 0) is 35.8 Å². The number of allylic oxidation sites excluding steroid dienone is 1. The third kappa shape index (κ3) is 1.90. The second-order valence-corrected chi connectivity index (χ2v) is 5.55. The highest BCUT2D eigenvalue weighted by Crippen LogP contribution is 2.31. The zero-order chi connectivity index (χ0) is 14.2. The van der Waals surface area contributed by atoms with E-state index in [2.05, 4.69) is 65.0 Å². The number of para-hydroxylation sites is 1. The first kappa shape index (κ1) is 12.4. The van der Waals surface area contributed by atoms with E-state index in [9.17, 15) is 0 Å². The van der Waals surface area contributed by atoms with Crippen molar-refractivity contribution in [3.63, 3.8) is 0 Å². The largest absolute Gasteiger partial charge is 0.340 e. The topological polar surface area (TPSA) is 17.3 Å². The maximum atomic E-state index is 4.30. The van der Waals surface area contributed by atoms with E-state index in [4.69, 9.17) is 0 Å². The summed E-state index contributed by atoms with van der Waals surface area (Å²) in [6.45, 7) is 4.10. The van der Waals surface area contributed by atoms with E-state index in [1.165, 1.54) is 32.9 Å². The Morgan fingerprint density at radius 1 is 1.05 bits per heavy atom. The molecule has 0 amide bonds. The van der Waals surface area contributed by atoms with E-state index in [1.54, 1.807) is 0 Å². The molecular weight excluding hydrogens is 256 g/mol. The number of aromatic nitrogens is 1. The SMILES string of the molecule is CCCn1c2ccccc2c2cc(C3=CCN=C3)ccc21. The quantitative estimate of drug-likeness (QED) is 0.660. The monoisotopic (exact) mass is 274 g/mol. The summed E-state index contributed by atoms with van der Waals surface area (Å²) in [6.07, 6.45) is 5.31. The van der Waals surface area contributed by atoms with Crippen LogP contribution in [0.2, 0.25) is 0 Å². The van der Waals surface area contributed by atoms with E-state index in [1.807, 2.05) is 6.21 Å². The van der Waals surface area contributed by atoms with Crippen LogP contribution in [0.4, 0.5) is 0 Å². The fourth-order valence-corrected chi connectivity index (χ4v) is 3.24. The summed E-state index contributed by atoms with van der Waals surface area (Å²) < 4.78 is 2.44. The minimum Gasteiger partial charge on any atom is -0.340 e. The van der Waals surface area contributed by atoms with Gasteiger partial charge in [0.1, 0.15) is 0 Å². The van der Waals surface area contributed by atoms with Crippen LogP contribution in [-0.4, -0.2) is 17.3 Å². The number of fused-ring (bicyclic) bond motifs is 3. The highest BCUT2D eigenvalue weighted by molar-refractivity contribution is 6.14. The van der Waals surface area contributed by atoms with E-state index >= 15 is 0 Å². The molecule has 1 aliphatic heterocycles. The van der Waals surface area contributed by atoms with Crippen LogP contribution >= 0.6 is 0 Å². The molecule has 21 heavy (non-hydrogen) atoms. The maximum Gasteiger partial charge on any atom is 0.0580 e. The second-order valence-electron chi connectivity index (χ2n) is 5.55. The average molecular weight is 274 g/mol. The van der Waals surface area contributed by atoms with Gasteiger partial charge in [-0.15, -0.1) is 0 Å². The van der Waals surface area contributed by atoms with Crippen LogP contribution in [0.1, 0.15) is 18.9 Å². The van der Waals surface area contributed by atoms with Crippen molar-refractivity contribution in [2.75, 3.05) is 6.54 Å². The second kappa shape index (κ2) is 4.88. The highest BCUT2D eigenvalue weighted by atomic mass is 15.0. The predicted molar refractivity (Wildman–Crippen MR) is 91.1 cm³/mol. The fraction of sp³-hybridized carbons (Fsp3) is 0.211. The van der Waals surface area contributed by atoms with Gasteiger partial charge in [0.05, 0.1) is 6.54 Å². The molecule has 0 atom stereocenters. The smallest absolute Gasteiger partial charge is 0.0580 e. The van der Waals surface area contributed by atoms with Crippen LogP contribution in [0.25, 0.3) is 27.4 Å². The molecule has 0 spiro atoms. The van der Waals surface area contributed by atoms with Gasteiger partial charge < -0.3 is 4.57 Å². The van der Waals surface area contributed by atoms with Gasteiger partial charge >= 0.3 is 0 Å². The summed E-state index contributed by atoms with van der Waals surface area (Å²) in [5, 5.41) is 2.69. The lowest BCUT2D eigenvalue weighted by molar-refractivity contribution is 0.724. The maximum absolute atomic E-state index is 4.30. The molecule has 3 aromatic rings. The van der Waals surface area contributed by atoms with E-state index in [0.29, 0.717) is 0 Å². The molecule has 0 aliphatic carbocycles. The molecule has 0 fully saturated rings. The Balaban J connectivity index is 2.02. The molecule has 0 saturated heterocycles.